The van der Waals surface area contributed by atoms with Gasteiger partial charge in [-0.05, 0) is 49.4 Å². The largest absolute Gasteiger partial charge is 0.494 e. The van der Waals surface area contributed by atoms with Gasteiger partial charge in [-0.25, -0.2) is 0 Å². The fraction of sp³-hybridized carbons (Fsp3) is 0.158. The highest BCUT2D eigenvalue weighted by Gasteiger charge is 2.11. The van der Waals surface area contributed by atoms with E-state index < -0.39 is 0 Å². The second-order valence-electron chi connectivity index (χ2n) is 5.60. The Bertz CT molecular complexity index is 935. The third kappa shape index (κ3) is 4.34. The monoisotopic (exact) mass is 371 g/mol. The SMILES string of the molecule is CCOc1ccc2cc(C(=O)NCC(=O)Nc3ccc(Cl)cc3)[nH]c2c1. The predicted molar refractivity (Wildman–Crippen MR) is 102 cm³/mol. The Balaban J connectivity index is 1.59. The number of amides is 2. The lowest BCUT2D eigenvalue weighted by Crippen LogP contribution is -2.33. The number of hydrogen-bond acceptors (Lipinski definition) is 3. The van der Waals surface area contributed by atoms with Gasteiger partial charge in [0.15, 0.2) is 0 Å². The number of aromatic nitrogens is 1. The van der Waals surface area contributed by atoms with E-state index >= 15 is 0 Å². The highest BCUT2D eigenvalue weighted by Crippen LogP contribution is 2.21. The van der Waals surface area contributed by atoms with Crippen LogP contribution in [0.4, 0.5) is 5.69 Å². The number of ether oxygens (including phenoxy) is 1. The van der Waals surface area contributed by atoms with Gasteiger partial charge in [-0.1, -0.05) is 11.6 Å². The molecule has 6 nitrogen and oxygen atoms in total. The van der Waals surface area contributed by atoms with Crippen molar-refractivity contribution in [2.75, 3.05) is 18.5 Å². The molecule has 0 saturated heterocycles. The van der Waals surface area contributed by atoms with Gasteiger partial charge in [0.2, 0.25) is 5.91 Å². The van der Waals surface area contributed by atoms with E-state index in [-0.39, 0.29) is 18.4 Å². The lowest BCUT2D eigenvalue weighted by molar-refractivity contribution is -0.115. The first-order chi connectivity index (χ1) is 12.5. The van der Waals surface area contributed by atoms with E-state index in [0.29, 0.717) is 23.0 Å². The van der Waals surface area contributed by atoms with E-state index in [1.165, 1.54) is 0 Å². The summed E-state index contributed by atoms with van der Waals surface area (Å²) in [6.07, 6.45) is 0. The van der Waals surface area contributed by atoms with Crippen LogP contribution >= 0.6 is 11.6 Å². The number of carbonyl (C=O) groups is 2. The van der Waals surface area contributed by atoms with E-state index in [1.807, 2.05) is 25.1 Å². The number of rotatable bonds is 6. The summed E-state index contributed by atoms with van der Waals surface area (Å²) in [5.41, 5.74) is 1.79. The van der Waals surface area contributed by atoms with Crippen LogP contribution in [0.5, 0.6) is 5.75 Å². The van der Waals surface area contributed by atoms with Crippen LogP contribution in [0.1, 0.15) is 17.4 Å². The first-order valence-electron chi connectivity index (χ1n) is 8.14. The molecule has 0 spiro atoms. The molecular formula is C19H18ClN3O3. The number of fused-ring (bicyclic) bond motifs is 1. The first-order valence-corrected chi connectivity index (χ1v) is 8.52. The van der Waals surface area contributed by atoms with Crippen molar-refractivity contribution < 1.29 is 14.3 Å². The zero-order valence-electron chi connectivity index (χ0n) is 14.1. The zero-order chi connectivity index (χ0) is 18.5. The molecule has 3 N–H and O–H groups in total. The third-order valence-electron chi connectivity index (χ3n) is 3.69. The number of H-pyrrole nitrogens is 1. The van der Waals surface area contributed by atoms with Crippen molar-refractivity contribution in [3.05, 3.63) is 59.2 Å². The lowest BCUT2D eigenvalue weighted by Gasteiger charge is -2.06. The van der Waals surface area contributed by atoms with E-state index in [2.05, 4.69) is 15.6 Å². The van der Waals surface area contributed by atoms with Crippen molar-refractivity contribution >= 4 is 40.0 Å². The summed E-state index contributed by atoms with van der Waals surface area (Å²) in [6, 6.07) is 14.0. The third-order valence-corrected chi connectivity index (χ3v) is 3.94. The normalized spacial score (nSPS) is 10.5. The molecule has 0 unspecified atom stereocenters. The van der Waals surface area contributed by atoms with Gasteiger partial charge in [0.05, 0.1) is 13.2 Å². The Morgan fingerprint density at radius 3 is 2.62 bits per heavy atom. The Hall–Kier alpha value is -2.99. The molecule has 3 aromatic rings. The maximum absolute atomic E-state index is 12.3. The minimum absolute atomic E-state index is 0.138. The van der Waals surface area contributed by atoms with Crippen LogP contribution in [0.2, 0.25) is 5.02 Å². The number of halogens is 1. The lowest BCUT2D eigenvalue weighted by atomic mass is 10.2. The fourth-order valence-corrected chi connectivity index (χ4v) is 2.61. The van der Waals surface area contributed by atoms with Gasteiger partial charge in [-0.3, -0.25) is 9.59 Å². The molecule has 26 heavy (non-hydrogen) atoms. The Morgan fingerprint density at radius 2 is 1.88 bits per heavy atom. The zero-order valence-corrected chi connectivity index (χ0v) is 14.9. The van der Waals surface area contributed by atoms with Gasteiger partial charge in [-0.15, -0.1) is 0 Å². The molecule has 0 aliphatic heterocycles. The molecule has 2 amide bonds. The molecule has 1 aromatic heterocycles. The smallest absolute Gasteiger partial charge is 0.268 e. The van der Waals surface area contributed by atoms with Crippen molar-refractivity contribution in [3.8, 4) is 5.75 Å². The molecular weight excluding hydrogens is 354 g/mol. The standard InChI is InChI=1S/C19H18ClN3O3/c1-2-26-15-8-3-12-9-17(23-16(12)10-15)19(25)21-11-18(24)22-14-6-4-13(20)5-7-14/h3-10,23H,2,11H2,1H3,(H,21,25)(H,22,24). The molecule has 0 fully saturated rings. The summed E-state index contributed by atoms with van der Waals surface area (Å²) in [5.74, 6) is 0.0528. The van der Waals surface area contributed by atoms with Gasteiger partial charge >= 0.3 is 0 Å². The van der Waals surface area contributed by atoms with Gasteiger partial charge in [0.25, 0.3) is 5.91 Å². The molecule has 2 aromatic carbocycles. The highest BCUT2D eigenvalue weighted by atomic mass is 35.5. The summed E-state index contributed by atoms with van der Waals surface area (Å²) in [5, 5.41) is 6.76. The average Bonchev–Trinajstić information content (AvgIpc) is 3.05. The molecule has 0 aliphatic carbocycles. The quantitative estimate of drug-likeness (QED) is 0.619. The minimum Gasteiger partial charge on any atom is -0.494 e. The van der Waals surface area contributed by atoms with Crippen LogP contribution in [-0.2, 0) is 4.79 Å². The number of aromatic amines is 1. The van der Waals surface area contributed by atoms with Crippen LogP contribution < -0.4 is 15.4 Å². The molecule has 0 aliphatic rings. The van der Waals surface area contributed by atoms with Gasteiger partial charge in [0.1, 0.15) is 11.4 Å². The maximum atomic E-state index is 12.3. The van der Waals surface area contributed by atoms with Crippen LogP contribution in [-0.4, -0.2) is 29.9 Å². The van der Waals surface area contributed by atoms with Gasteiger partial charge in [-0.2, -0.15) is 0 Å². The molecule has 0 atom stereocenters. The summed E-state index contributed by atoms with van der Waals surface area (Å²) >= 11 is 5.80. The van der Waals surface area contributed by atoms with Crippen LogP contribution in [0.25, 0.3) is 10.9 Å². The molecule has 134 valence electrons. The number of anilines is 1. The van der Waals surface area contributed by atoms with Gasteiger partial charge in [0, 0.05) is 27.7 Å². The van der Waals surface area contributed by atoms with E-state index in [0.717, 1.165) is 16.7 Å². The fourth-order valence-electron chi connectivity index (χ4n) is 2.48. The summed E-state index contributed by atoms with van der Waals surface area (Å²) in [7, 11) is 0. The molecule has 1 heterocycles. The Kier molecular flexibility index (Phi) is 5.43. The van der Waals surface area contributed by atoms with E-state index in [1.54, 1.807) is 30.3 Å². The number of benzene rings is 2. The molecule has 0 radical (unpaired) electrons. The minimum atomic E-state index is -0.356. The van der Waals surface area contributed by atoms with E-state index in [9.17, 15) is 9.59 Å². The van der Waals surface area contributed by atoms with Crippen molar-refractivity contribution in [2.24, 2.45) is 0 Å². The van der Waals surface area contributed by atoms with Crippen molar-refractivity contribution in [1.82, 2.24) is 10.3 Å². The summed E-state index contributed by atoms with van der Waals surface area (Å²) < 4.78 is 5.44. The van der Waals surface area contributed by atoms with Crippen LogP contribution in [0.3, 0.4) is 0 Å². The second kappa shape index (κ2) is 7.93. The molecule has 0 saturated carbocycles. The highest BCUT2D eigenvalue weighted by molar-refractivity contribution is 6.30. The Morgan fingerprint density at radius 1 is 1.12 bits per heavy atom. The topological polar surface area (TPSA) is 83.2 Å². The summed E-state index contributed by atoms with van der Waals surface area (Å²) in [4.78, 5) is 27.2. The number of carbonyl (C=O) groups excluding carboxylic acids is 2. The molecule has 0 bridgehead atoms. The van der Waals surface area contributed by atoms with Gasteiger partial charge < -0.3 is 20.4 Å². The van der Waals surface area contributed by atoms with Crippen LogP contribution in [0.15, 0.2) is 48.5 Å². The van der Waals surface area contributed by atoms with Crippen molar-refractivity contribution in [3.63, 3.8) is 0 Å². The number of hydrogen-bond donors (Lipinski definition) is 3. The number of nitrogens with one attached hydrogen (secondary N) is 3. The second-order valence-corrected chi connectivity index (χ2v) is 6.04. The maximum Gasteiger partial charge on any atom is 0.268 e. The van der Waals surface area contributed by atoms with Crippen molar-refractivity contribution in [2.45, 2.75) is 6.92 Å². The molecule has 3 rings (SSSR count). The predicted octanol–water partition coefficient (Wildman–Crippen LogP) is 3.59. The molecule has 7 heteroatoms. The van der Waals surface area contributed by atoms with Crippen molar-refractivity contribution in [1.29, 1.82) is 0 Å². The Labute approximate surface area is 155 Å². The summed E-state index contributed by atoms with van der Waals surface area (Å²) in [6.45, 7) is 2.34. The van der Waals surface area contributed by atoms with E-state index in [4.69, 9.17) is 16.3 Å². The first kappa shape index (κ1) is 17.8. The van der Waals surface area contributed by atoms with Crippen LogP contribution in [0, 0.1) is 0 Å². The average molecular weight is 372 g/mol.